The van der Waals surface area contributed by atoms with Crippen molar-refractivity contribution >= 4 is 5.82 Å². The summed E-state index contributed by atoms with van der Waals surface area (Å²) in [4.78, 5) is 4.90. The van der Waals surface area contributed by atoms with E-state index >= 15 is 0 Å². The summed E-state index contributed by atoms with van der Waals surface area (Å²) >= 11 is 0. The van der Waals surface area contributed by atoms with Gasteiger partial charge in [0.25, 0.3) is 0 Å². The topological polar surface area (TPSA) is 53.1 Å². The number of anilines is 1. The summed E-state index contributed by atoms with van der Waals surface area (Å²) in [7, 11) is 2.07. The number of nitrogens with zero attached hydrogens (tertiary/aromatic N) is 2. The Kier molecular flexibility index (Phi) is 3.29. The molecule has 0 spiro atoms. The fraction of sp³-hybridized carbons (Fsp3) is 0.786. The van der Waals surface area contributed by atoms with E-state index < -0.39 is 0 Å². The number of nitrogens with two attached hydrogens (primary N) is 1. The molecule has 1 aromatic heterocycles. The number of aromatic nitrogens is 2. The van der Waals surface area contributed by atoms with E-state index in [2.05, 4.69) is 11.6 Å². The number of hydrogen-bond acceptors (Lipinski definition) is 3. The predicted octanol–water partition coefficient (Wildman–Crippen LogP) is 2.55. The van der Waals surface area contributed by atoms with Gasteiger partial charge in [0, 0.05) is 32.1 Å². The largest absolute Gasteiger partial charge is 0.384 e. The predicted molar refractivity (Wildman–Crippen MR) is 71.6 cm³/mol. The fourth-order valence-corrected chi connectivity index (χ4v) is 3.37. The summed E-state index contributed by atoms with van der Waals surface area (Å²) in [6.07, 6.45) is 7.35. The molecule has 1 aromatic rings. The summed E-state index contributed by atoms with van der Waals surface area (Å²) in [6.45, 7) is 1.69. The molecule has 0 aromatic carbocycles. The van der Waals surface area contributed by atoms with Crippen molar-refractivity contribution in [3.63, 3.8) is 0 Å². The van der Waals surface area contributed by atoms with Crippen LogP contribution in [0.4, 0.5) is 5.82 Å². The van der Waals surface area contributed by atoms with Crippen LogP contribution in [0.15, 0.2) is 0 Å². The van der Waals surface area contributed by atoms with Crippen LogP contribution in [0.1, 0.15) is 61.9 Å². The van der Waals surface area contributed by atoms with Gasteiger partial charge in [-0.25, -0.2) is 4.98 Å². The number of nitrogen functional groups attached to an aromatic ring is 1. The minimum absolute atomic E-state index is 0.500. The maximum Gasteiger partial charge on any atom is 0.126 e. The summed E-state index contributed by atoms with van der Waals surface area (Å²) in [5.74, 6) is 3.22. The third-order valence-electron chi connectivity index (χ3n) is 4.53. The zero-order valence-electron chi connectivity index (χ0n) is 11.2. The molecule has 0 radical (unpaired) electrons. The van der Waals surface area contributed by atoms with Gasteiger partial charge in [-0.1, -0.05) is 12.8 Å². The summed E-state index contributed by atoms with van der Waals surface area (Å²) < 4.78 is 7.55. The molecule has 18 heavy (non-hydrogen) atoms. The van der Waals surface area contributed by atoms with Gasteiger partial charge >= 0.3 is 0 Å². The molecule has 1 aliphatic heterocycles. The lowest BCUT2D eigenvalue weighted by atomic mass is 9.96. The molecule has 2 N–H and O–H groups in total. The first kappa shape index (κ1) is 12.0. The minimum atomic E-state index is 0.500. The molecule has 0 atom stereocenters. The first-order valence-electron chi connectivity index (χ1n) is 7.17. The number of ether oxygens (including phenoxy) is 1. The van der Waals surface area contributed by atoms with Gasteiger partial charge < -0.3 is 15.0 Å². The highest BCUT2D eigenvalue weighted by molar-refractivity contribution is 5.41. The average molecular weight is 249 g/mol. The van der Waals surface area contributed by atoms with Crippen LogP contribution in [-0.4, -0.2) is 22.8 Å². The molecule has 0 bridgehead atoms. The van der Waals surface area contributed by atoms with E-state index in [4.69, 9.17) is 15.5 Å². The highest BCUT2D eigenvalue weighted by Crippen LogP contribution is 2.37. The van der Waals surface area contributed by atoms with Crippen molar-refractivity contribution in [2.75, 3.05) is 18.9 Å². The van der Waals surface area contributed by atoms with E-state index in [1.165, 1.54) is 31.5 Å². The van der Waals surface area contributed by atoms with Gasteiger partial charge in [-0.3, -0.25) is 0 Å². The van der Waals surface area contributed by atoms with Gasteiger partial charge in [-0.2, -0.15) is 0 Å². The van der Waals surface area contributed by atoms with Gasteiger partial charge in [-0.05, 0) is 25.7 Å². The monoisotopic (exact) mass is 249 g/mol. The van der Waals surface area contributed by atoms with Crippen LogP contribution in [-0.2, 0) is 11.8 Å². The van der Waals surface area contributed by atoms with Crippen molar-refractivity contribution in [3.8, 4) is 0 Å². The molecule has 2 fully saturated rings. The van der Waals surface area contributed by atoms with Crippen LogP contribution in [0.5, 0.6) is 0 Å². The zero-order chi connectivity index (χ0) is 12.5. The summed E-state index contributed by atoms with van der Waals surface area (Å²) in [6, 6.07) is 0. The molecule has 100 valence electrons. The molecular formula is C14H23N3O. The fourth-order valence-electron chi connectivity index (χ4n) is 3.37. The summed E-state index contributed by atoms with van der Waals surface area (Å²) in [5.41, 5.74) is 7.39. The third kappa shape index (κ3) is 2.03. The Hall–Kier alpha value is -1.03. The molecule has 4 heteroatoms. The Labute approximate surface area is 109 Å². The average Bonchev–Trinajstić information content (AvgIpc) is 3.01. The highest BCUT2D eigenvalue weighted by atomic mass is 16.5. The first-order chi connectivity index (χ1) is 8.77. The molecule has 2 aliphatic rings. The van der Waals surface area contributed by atoms with Crippen LogP contribution in [0.3, 0.4) is 0 Å². The van der Waals surface area contributed by atoms with Crippen molar-refractivity contribution in [2.45, 2.75) is 50.4 Å². The van der Waals surface area contributed by atoms with Crippen molar-refractivity contribution < 1.29 is 4.74 Å². The minimum Gasteiger partial charge on any atom is -0.384 e. The SMILES string of the molecule is Cn1c(C2CCCC2)nc(C2CCOCC2)c1N. The lowest BCUT2D eigenvalue weighted by Crippen LogP contribution is -2.15. The lowest BCUT2D eigenvalue weighted by Gasteiger charge is -2.20. The Balaban J connectivity index is 1.88. The van der Waals surface area contributed by atoms with Crippen molar-refractivity contribution in [1.29, 1.82) is 0 Å². The maximum atomic E-state index is 6.26. The normalized spacial score (nSPS) is 22.7. The number of imidazole rings is 1. The van der Waals surface area contributed by atoms with Gasteiger partial charge in [0.05, 0.1) is 5.69 Å². The second-order valence-corrected chi connectivity index (χ2v) is 5.67. The van der Waals surface area contributed by atoms with E-state index in [1.807, 2.05) is 0 Å². The van der Waals surface area contributed by atoms with Gasteiger partial charge in [-0.15, -0.1) is 0 Å². The highest BCUT2D eigenvalue weighted by Gasteiger charge is 2.27. The first-order valence-corrected chi connectivity index (χ1v) is 7.17. The molecule has 0 unspecified atom stereocenters. The van der Waals surface area contributed by atoms with Crippen molar-refractivity contribution in [3.05, 3.63) is 11.5 Å². The smallest absolute Gasteiger partial charge is 0.126 e. The van der Waals surface area contributed by atoms with Gasteiger partial charge in [0.1, 0.15) is 11.6 Å². The van der Waals surface area contributed by atoms with Crippen LogP contribution in [0.25, 0.3) is 0 Å². The molecular weight excluding hydrogens is 226 g/mol. The Morgan fingerprint density at radius 2 is 1.78 bits per heavy atom. The third-order valence-corrected chi connectivity index (χ3v) is 4.53. The molecule has 4 nitrogen and oxygen atoms in total. The number of hydrogen-bond donors (Lipinski definition) is 1. The van der Waals surface area contributed by atoms with Crippen LogP contribution < -0.4 is 5.73 Å². The second-order valence-electron chi connectivity index (χ2n) is 5.67. The lowest BCUT2D eigenvalue weighted by molar-refractivity contribution is 0.0847. The Bertz CT molecular complexity index is 415. The van der Waals surface area contributed by atoms with E-state index in [1.54, 1.807) is 0 Å². The molecule has 2 heterocycles. The summed E-state index contributed by atoms with van der Waals surface area (Å²) in [5, 5.41) is 0. The van der Waals surface area contributed by atoms with Crippen LogP contribution >= 0.6 is 0 Å². The molecule has 1 aliphatic carbocycles. The molecule has 0 amide bonds. The van der Waals surface area contributed by atoms with E-state index in [-0.39, 0.29) is 0 Å². The maximum absolute atomic E-state index is 6.26. The second kappa shape index (κ2) is 4.92. The van der Waals surface area contributed by atoms with Crippen molar-refractivity contribution in [1.82, 2.24) is 9.55 Å². The van der Waals surface area contributed by atoms with Gasteiger partial charge in [0.15, 0.2) is 0 Å². The van der Waals surface area contributed by atoms with E-state index in [0.29, 0.717) is 11.8 Å². The molecule has 1 saturated heterocycles. The Morgan fingerprint density at radius 3 is 2.44 bits per heavy atom. The van der Waals surface area contributed by atoms with Gasteiger partial charge in [0.2, 0.25) is 0 Å². The van der Waals surface area contributed by atoms with Crippen LogP contribution in [0.2, 0.25) is 0 Å². The number of rotatable bonds is 2. The molecule has 1 saturated carbocycles. The quantitative estimate of drug-likeness (QED) is 0.876. The van der Waals surface area contributed by atoms with Crippen molar-refractivity contribution in [2.24, 2.45) is 7.05 Å². The Morgan fingerprint density at radius 1 is 1.11 bits per heavy atom. The standard InChI is InChI=1S/C14H23N3O/c1-17-13(15)12(10-6-8-18-9-7-10)16-14(17)11-4-2-3-5-11/h10-11H,2-9,15H2,1H3. The van der Waals surface area contributed by atoms with E-state index in [0.717, 1.165) is 37.6 Å². The molecule has 3 rings (SSSR count). The van der Waals surface area contributed by atoms with E-state index in [9.17, 15) is 0 Å². The zero-order valence-corrected chi connectivity index (χ0v) is 11.2. The van der Waals surface area contributed by atoms with Crippen LogP contribution in [0, 0.1) is 0 Å².